The first-order valence-corrected chi connectivity index (χ1v) is 10.8. The Morgan fingerprint density at radius 2 is 1.19 bits per heavy atom. The van der Waals surface area contributed by atoms with E-state index in [1.165, 1.54) is 12.5 Å². The normalized spacial score (nSPS) is 12.6. The Hall–Kier alpha value is -1.63. The van der Waals surface area contributed by atoms with E-state index in [4.69, 9.17) is 9.05 Å². The van der Waals surface area contributed by atoms with E-state index >= 15 is 0 Å². The zero-order valence-corrected chi connectivity index (χ0v) is 17.7. The van der Waals surface area contributed by atoms with Crippen LogP contribution in [0.1, 0.15) is 77.3 Å². The van der Waals surface area contributed by atoms with Crippen molar-refractivity contribution < 1.29 is 9.05 Å². The number of aromatic amines is 2. The van der Waals surface area contributed by atoms with Crippen molar-refractivity contribution in [3.63, 3.8) is 0 Å². The number of thioether (sulfide) groups is 1. The molecule has 2 aromatic rings. The maximum Gasteiger partial charge on any atom is 0.283 e. The van der Waals surface area contributed by atoms with Gasteiger partial charge in [-0.15, -0.1) is 0 Å². The van der Waals surface area contributed by atoms with Crippen LogP contribution < -0.4 is 11.1 Å². The van der Waals surface area contributed by atoms with E-state index in [1.807, 2.05) is 11.8 Å². The largest absolute Gasteiger partial charge is 0.387 e. The van der Waals surface area contributed by atoms with Crippen LogP contribution in [0.4, 0.5) is 0 Å². The van der Waals surface area contributed by atoms with Gasteiger partial charge in [0, 0.05) is 0 Å². The van der Waals surface area contributed by atoms with E-state index in [0.29, 0.717) is 0 Å². The highest BCUT2D eigenvalue weighted by molar-refractivity contribution is 7.99. The van der Waals surface area contributed by atoms with Crippen LogP contribution in [0.25, 0.3) is 0 Å². The van der Waals surface area contributed by atoms with E-state index in [2.05, 4.69) is 38.0 Å². The molecule has 7 heteroatoms. The third kappa shape index (κ3) is 6.19. The molecule has 0 unspecified atom stereocenters. The van der Waals surface area contributed by atoms with Crippen molar-refractivity contribution in [3.05, 3.63) is 44.4 Å². The van der Waals surface area contributed by atoms with Crippen LogP contribution in [-0.2, 0) is 10.8 Å². The van der Waals surface area contributed by atoms with Crippen molar-refractivity contribution >= 4 is 11.8 Å². The van der Waals surface area contributed by atoms with Gasteiger partial charge in [-0.2, -0.15) is 22.1 Å². The first-order valence-electron chi connectivity index (χ1n) is 9.65. The number of unbranched alkanes of at least 4 members (excludes halogenated alkanes) is 2. The van der Waals surface area contributed by atoms with Crippen LogP contribution in [0.2, 0.25) is 0 Å². The van der Waals surface area contributed by atoms with Crippen molar-refractivity contribution in [3.8, 4) is 0 Å². The molecule has 0 aromatic carbocycles. The summed E-state index contributed by atoms with van der Waals surface area (Å²) in [5.74, 6) is 2.28. The monoisotopic (exact) mass is 396 g/mol. The zero-order valence-electron chi connectivity index (χ0n) is 16.9. The molecule has 152 valence electrons. The van der Waals surface area contributed by atoms with Gasteiger partial charge in [0.25, 0.3) is 11.1 Å². The van der Waals surface area contributed by atoms with Crippen LogP contribution in [0, 0.1) is 0 Å². The van der Waals surface area contributed by atoms with E-state index in [0.717, 1.165) is 61.2 Å². The molecule has 0 saturated heterocycles. The summed E-state index contributed by atoms with van der Waals surface area (Å²) in [5.41, 5.74) is 0.927. The standard InChI is InChI=1S/C20H32N2O4S/c1-19(2,15-13-25-21-17(15)23)9-5-7-11-27-12-8-6-10-20(3,4)16-14-26-22-18(16)24/h13-14H,5-12H2,1-4H3,(H,21,23)(H,22,24). The molecule has 0 aliphatic rings. The summed E-state index contributed by atoms with van der Waals surface area (Å²) in [6.45, 7) is 8.36. The molecule has 0 spiro atoms. The molecule has 2 aromatic heterocycles. The second-order valence-electron chi connectivity index (χ2n) is 8.46. The third-order valence-corrected chi connectivity index (χ3v) is 6.44. The topological polar surface area (TPSA) is 92.0 Å². The second-order valence-corrected chi connectivity index (χ2v) is 9.68. The first kappa shape index (κ1) is 21.7. The predicted molar refractivity (Wildman–Crippen MR) is 110 cm³/mol. The number of hydrogen-bond donors (Lipinski definition) is 2. The van der Waals surface area contributed by atoms with Gasteiger partial charge in [0.1, 0.15) is 12.5 Å². The molecule has 6 nitrogen and oxygen atoms in total. The van der Waals surface area contributed by atoms with E-state index in [-0.39, 0.29) is 21.9 Å². The number of nitrogens with one attached hydrogen (secondary N) is 2. The van der Waals surface area contributed by atoms with Gasteiger partial charge in [0.2, 0.25) is 0 Å². The zero-order chi connectivity index (χ0) is 19.9. The molecule has 0 amide bonds. The minimum absolute atomic E-state index is 0.116. The lowest BCUT2D eigenvalue weighted by Gasteiger charge is -2.22. The number of aromatic nitrogens is 2. The molecule has 2 heterocycles. The molecular weight excluding hydrogens is 364 g/mol. The Labute approximate surface area is 164 Å². The molecule has 0 atom stereocenters. The van der Waals surface area contributed by atoms with Gasteiger partial charge < -0.3 is 9.05 Å². The lowest BCUT2D eigenvalue weighted by atomic mass is 9.82. The minimum Gasteiger partial charge on any atom is -0.387 e. The summed E-state index contributed by atoms with van der Waals surface area (Å²) < 4.78 is 9.80. The van der Waals surface area contributed by atoms with Crippen LogP contribution >= 0.6 is 11.8 Å². The average molecular weight is 397 g/mol. The van der Waals surface area contributed by atoms with Crippen molar-refractivity contribution in [1.82, 2.24) is 10.3 Å². The summed E-state index contributed by atoms with van der Waals surface area (Å²) in [5, 5.41) is 4.74. The Kier molecular flexibility index (Phi) is 7.65. The fraction of sp³-hybridized carbons (Fsp3) is 0.700. The molecular formula is C20H32N2O4S. The second kappa shape index (κ2) is 9.53. The summed E-state index contributed by atoms with van der Waals surface area (Å²) >= 11 is 1.98. The summed E-state index contributed by atoms with van der Waals surface area (Å²) in [6.07, 6.45) is 9.53. The summed E-state index contributed by atoms with van der Waals surface area (Å²) in [7, 11) is 0. The van der Waals surface area contributed by atoms with E-state index < -0.39 is 0 Å². The molecule has 2 rings (SSSR count). The molecule has 0 bridgehead atoms. The van der Waals surface area contributed by atoms with Crippen LogP contribution in [0.5, 0.6) is 0 Å². The van der Waals surface area contributed by atoms with Gasteiger partial charge in [-0.3, -0.25) is 9.59 Å². The third-order valence-electron chi connectivity index (χ3n) is 5.29. The molecule has 0 aliphatic carbocycles. The Morgan fingerprint density at radius 3 is 1.52 bits per heavy atom. The highest BCUT2D eigenvalue weighted by Gasteiger charge is 2.25. The Bertz CT molecular complexity index is 731. The van der Waals surface area contributed by atoms with Crippen LogP contribution in [0.3, 0.4) is 0 Å². The summed E-state index contributed by atoms with van der Waals surface area (Å²) in [6, 6.07) is 0. The van der Waals surface area contributed by atoms with Gasteiger partial charge in [0.15, 0.2) is 0 Å². The van der Waals surface area contributed by atoms with Gasteiger partial charge in [-0.1, -0.05) is 40.5 Å². The van der Waals surface area contributed by atoms with Crippen LogP contribution in [-0.4, -0.2) is 21.8 Å². The molecule has 0 fully saturated rings. The average Bonchev–Trinajstić information content (AvgIpc) is 3.22. The molecule has 0 aliphatic heterocycles. The van der Waals surface area contributed by atoms with Gasteiger partial charge in [-0.25, -0.2) is 0 Å². The first-order chi connectivity index (χ1) is 12.7. The van der Waals surface area contributed by atoms with E-state index in [1.54, 1.807) is 0 Å². The quantitative estimate of drug-likeness (QED) is 0.512. The van der Waals surface area contributed by atoms with Crippen molar-refractivity contribution in [2.24, 2.45) is 0 Å². The van der Waals surface area contributed by atoms with Crippen molar-refractivity contribution in [2.75, 3.05) is 11.5 Å². The lowest BCUT2D eigenvalue weighted by molar-refractivity contribution is 0.407. The Balaban J connectivity index is 1.55. The molecule has 27 heavy (non-hydrogen) atoms. The summed E-state index contributed by atoms with van der Waals surface area (Å²) in [4.78, 5) is 23.4. The number of hydrogen-bond acceptors (Lipinski definition) is 5. The SMILES string of the molecule is CC(C)(CCCCSCCCCC(C)(C)c1co[nH]c1=O)c1co[nH]c1=O. The number of H-pyrrole nitrogens is 2. The maximum atomic E-state index is 11.7. The molecule has 0 radical (unpaired) electrons. The van der Waals surface area contributed by atoms with Gasteiger partial charge in [0.05, 0.1) is 11.1 Å². The Morgan fingerprint density at radius 1 is 0.778 bits per heavy atom. The highest BCUT2D eigenvalue weighted by atomic mass is 32.2. The fourth-order valence-corrected chi connectivity index (χ4v) is 4.37. The molecule has 0 saturated carbocycles. The minimum atomic E-state index is -0.151. The number of rotatable bonds is 12. The molecule has 2 N–H and O–H groups in total. The smallest absolute Gasteiger partial charge is 0.283 e. The van der Waals surface area contributed by atoms with Gasteiger partial charge in [-0.05, 0) is 48.0 Å². The predicted octanol–water partition coefficient (Wildman–Crippen LogP) is 4.58. The van der Waals surface area contributed by atoms with Crippen molar-refractivity contribution in [2.45, 2.75) is 77.0 Å². The van der Waals surface area contributed by atoms with Gasteiger partial charge >= 0.3 is 0 Å². The van der Waals surface area contributed by atoms with E-state index in [9.17, 15) is 9.59 Å². The van der Waals surface area contributed by atoms with Crippen molar-refractivity contribution in [1.29, 1.82) is 0 Å². The van der Waals surface area contributed by atoms with Crippen LogP contribution in [0.15, 0.2) is 31.2 Å². The fourth-order valence-electron chi connectivity index (χ4n) is 3.35. The maximum absolute atomic E-state index is 11.7. The highest BCUT2D eigenvalue weighted by Crippen LogP contribution is 2.28. The lowest BCUT2D eigenvalue weighted by Crippen LogP contribution is -2.24.